The predicted octanol–water partition coefficient (Wildman–Crippen LogP) is 4.50. The van der Waals surface area contributed by atoms with Gasteiger partial charge in [-0.1, -0.05) is 6.92 Å². The van der Waals surface area contributed by atoms with Crippen molar-refractivity contribution in [3.63, 3.8) is 0 Å². The monoisotopic (exact) mass is 387 g/mol. The van der Waals surface area contributed by atoms with E-state index in [2.05, 4.69) is 10.2 Å². The minimum Gasteiger partial charge on any atom is -0.448 e. The van der Waals surface area contributed by atoms with E-state index in [0.717, 1.165) is 16.9 Å². The number of nitro groups is 1. The van der Waals surface area contributed by atoms with Gasteiger partial charge in [-0.3, -0.25) is 10.1 Å². The maximum Gasteiger partial charge on any atom is 0.349 e. The first-order valence-corrected chi connectivity index (χ1v) is 9.09. The Bertz CT molecular complexity index is 977. The van der Waals surface area contributed by atoms with Crippen molar-refractivity contribution in [2.24, 2.45) is 0 Å². The molecule has 3 aromatic rings. The van der Waals surface area contributed by atoms with Gasteiger partial charge >= 0.3 is 5.97 Å². The zero-order valence-corrected chi connectivity index (χ0v) is 15.8. The van der Waals surface area contributed by atoms with Gasteiger partial charge in [0, 0.05) is 22.6 Å². The Kier molecular flexibility index (Phi) is 5.31. The van der Waals surface area contributed by atoms with Crippen LogP contribution in [0.1, 0.15) is 46.0 Å². The molecule has 0 fully saturated rings. The lowest BCUT2D eigenvalue weighted by Crippen LogP contribution is -2.08. The van der Waals surface area contributed by atoms with Crippen molar-refractivity contribution in [2.45, 2.75) is 33.3 Å². The summed E-state index contributed by atoms with van der Waals surface area (Å²) in [7, 11) is 0. The number of hydrogen-bond acceptors (Lipinski definition) is 8. The largest absolute Gasteiger partial charge is 0.448 e. The number of esters is 1. The number of rotatable bonds is 6. The Hall–Kier alpha value is -3.07. The highest BCUT2D eigenvalue weighted by atomic mass is 32.1. The smallest absolute Gasteiger partial charge is 0.349 e. The van der Waals surface area contributed by atoms with Gasteiger partial charge in [-0.05, 0) is 44.0 Å². The summed E-state index contributed by atoms with van der Waals surface area (Å²) in [5.74, 6) is -0.0888. The first kappa shape index (κ1) is 18.7. The summed E-state index contributed by atoms with van der Waals surface area (Å²) in [4.78, 5) is 24.2. The number of hydrogen-bond donors (Lipinski definition) is 0. The van der Waals surface area contributed by atoms with Gasteiger partial charge in [-0.2, -0.15) is 0 Å². The van der Waals surface area contributed by atoms with E-state index in [0.29, 0.717) is 10.4 Å². The number of non-ortho nitro benzene ring substituents is 1. The molecule has 0 spiro atoms. The van der Waals surface area contributed by atoms with Crippen LogP contribution in [0.25, 0.3) is 11.5 Å². The lowest BCUT2D eigenvalue weighted by molar-refractivity contribution is -0.384. The Labute approximate surface area is 159 Å². The summed E-state index contributed by atoms with van der Waals surface area (Å²) in [5.41, 5.74) is 1.63. The molecule has 2 heterocycles. The van der Waals surface area contributed by atoms with Crippen molar-refractivity contribution in [3.05, 3.63) is 61.7 Å². The molecule has 8 nitrogen and oxygen atoms in total. The average Bonchev–Trinajstić information content (AvgIpc) is 3.28. The third-order valence-electron chi connectivity index (χ3n) is 4.00. The van der Waals surface area contributed by atoms with Gasteiger partial charge in [-0.25, -0.2) is 4.79 Å². The summed E-state index contributed by atoms with van der Waals surface area (Å²) >= 11 is 1.39. The van der Waals surface area contributed by atoms with Crippen LogP contribution in [-0.2, 0) is 11.2 Å². The molecule has 2 aromatic heterocycles. The van der Waals surface area contributed by atoms with E-state index in [1.807, 2.05) is 19.9 Å². The maximum absolute atomic E-state index is 12.3. The van der Waals surface area contributed by atoms with Gasteiger partial charge in [0.2, 0.25) is 5.89 Å². The molecule has 0 aliphatic carbocycles. The molecule has 0 aliphatic heterocycles. The molecule has 0 amide bonds. The number of aryl methyl sites for hydroxylation is 2. The van der Waals surface area contributed by atoms with Gasteiger partial charge in [0.05, 0.1) is 4.92 Å². The van der Waals surface area contributed by atoms with Crippen molar-refractivity contribution < 1.29 is 18.9 Å². The molecule has 0 aliphatic rings. The van der Waals surface area contributed by atoms with Crippen molar-refractivity contribution >= 4 is 23.0 Å². The first-order chi connectivity index (χ1) is 12.9. The molecule has 27 heavy (non-hydrogen) atoms. The van der Waals surface area contributed by atoms with E-state index >= 15 is 0 Å². The van der Waals surface area contributed by atoms with Crippen LogP contribution < -0.4 is 0 Å². The van der Waals surface area contributed by atoms with Crippen molar-refractivity contribution in [2.75, 3.05) is 0 Å². The van der Waals surface area contributed by atoms with E-state index in [9.17, 15) is 14.9 Å². The quantitative estimate of drug-likeness (QED) is 0.348. The molecule has 0 saturated heterocycles. The summed E-state index contributed by atoms with van der Waals surface area (Å²) in [5, 5.41) is 18.5. The number of ether oxygens (including phenoxy) is 1. The van der Waals surface area contributed by atoms with Crippen molar-refractivity contribution in [1.29, 1.82) is 0 Å². The van der Waals surface area contributed by atoms with Crippen LogP contribution in [0.3, 0.4) is 0 Å². The lowest BCUT2D eigenvalue weighted by atomic mass is 10.2. The van der Waals surface area contributed by atoms with Gasteiger partial charge in [-0.15, -0.1) is 21.5 Å². The predicted molar refractivity (Wildman–Crippen MR) is 98.7 cm³/mol. The molecule has 0 radical (unpaired) electrons. The molecular formula is C18H17N3O5S. The van der Waals surface area contributed by atoms with Crippen LogP contribution in [0.5, 0.6) is 0 Å². The van der Waals surface area contributed by atoms with Gasteiger partial charge in [0.1, 0.15) is 4.88 Å². The first-order valence-electron chi connectivity index (χ1n) is 8.27. The molecule has 0 unspecified atom stereocenters. The Balaban J connectivity index is 1.71. The number of carbonyl (C=O) groups is 1. The van der Waals surface area contributed by atoms with Crippen molar-refractivity contribution in [3.8, 4) is 11.5 Å². The highest BCUT2D eigenvalue weighted by Gasteiger charge is 2.22. The van der Waals surface area contributed by atoms with Crippen LogP contribution >= 0.6 is 11.3 Å². The maximum atomic E-state index is 12.3. The summed E-state index contributed by atoms with van der Waals surface area (Å²) in [6.45, 7) is 5.65. The minimum atomic E-state index is -0.718. The second-order valence-electron chi connectivity index (χ2n) is 5.84. The van der Waals surface area contributed by atoms with Crippen LogP contribution in [0.15, 0.2) is 34.7 Å². The Morgan fingerprint density at radius 1 is 1.33 bits per heavy atom. The van der Waals surface area contributed by atoms with Crippen LogP contribution in [0, 0.1) is 17.0 Å². The summed E-state index contributed by atoms with van der Waals surface area (Å²) < 4.78 is 11.0. The molecule has 0 N–H and O–H groups in total. The van der Waals surface area contributed by atoms with Crippen LogP contribution in [-0.4, -0.2) is 21.1 Å². The number of aromatic nitrogens is 2. The molecule has 140 valence electrons. The number of thiophene rings is 1. The highest BCUT2D eigenvalue weighted by molar-refractivity contribution is 7.14. The third-order valence-corrected chi connectivity index (χ3v) is 5.07. The lowest BCUT2D eigenvalue weighted by Gasteiger charge is -2.07. The minimum absolute atomic E-state index is 0.0292. The van der Waals surface area contributed by atoms with Gasteiger partial charge < -0.3 is 9.15 Å². The zero-order valence-electron chi connectivity index (χ0n) is 15.0. The molecule has 1 atom stereocenters. The highest BCUT2D eigenvalue weighted by Crippen LogP contribution is 2.27. The number of nitro benzene ring substituents is 1. The zero-order chi connectivity index (χ0) is 19.6. The van der Waals surface area contributed by atoms with Crippen molar-refractivity contribution in [1.82, 2.24) is 10.2 Å². The fourth-order valence-electron chi connectivity index (χ4n) is 2.48. The van der Waals surface area contributed by atoms with E-state index < -0.39 is 17.0 Å². The van der Waals surface area contributed by atoms with E-state index in [-0.39, 0.29) is 17.5 Å². The normalized spacial score (nSPS) is 12.0. The number of benzene rings is 1. The van der Waals surface area contributed by atoms with Crippen LogP contribution in [0.2, 0.25) is 0 Å². The van der Waals surface area contributed by atoms with Crippen LogP contribution in [0.4, 0.5) is 5.69 Å². The third kappa shape index (κ3) is 4.03. The number of nitrogens with zero attached hydrogens (tertiary/aromatic N) is 3. The molecular weight excluding hydrogens is 370 g/mol. The van der Waals surface area contributed by atoms with E-state index in [1.165, 1.54) is 35.6 Å². The molecule has 0 saturated carbocycles. The Morgan fingerprint density at radius 3 is 2.63 bits per heavy atom. The molecule has 0 bridgehead atoms. The van der Waals surface area contributed by atoms with E-state index in [4.69, 9.17) is 9.15 Å². The Morgan fingerprint density at radius 2 is 2.04 bits per heavy atom. The fourth-order valence-corrected chi connectivity index (χ4v) is 3.48. The topological polar surface area (TPSA) is 108 Å². The second kappa shape index (κ2) is 7.67. The summed E-state index contributed by atoms with van der Waals surface area (Å²) in [6.07, 6.45) is 0.136. The molecule has 1 aromatic carbocycles. The fraction of sp³-hybridized carbons (Fsp3) is 0.278. The molecule has 9 heteroatoms. The molecule has 3 rings (SSSR count). The van der Waals surface area contributed by atoms with E-state index in [1.54, 1.807) is 6.92 Å². The average molecular weight is 387 g/mol. The van der Waals surface area contributed by atoms with Gasteiger partial charge in [0.25, 0.3) is 11.6 Å². The summed E-state index contributed by atoms with van der Waals surface area (Å²) in [6, 6.07) is 7.59. The standard InChI is InChI=1S/C18H17N3O5S/c1-4-12-9-15(27-11(12)3)18(22)25-10(2)16-19-20-17(26-16)13-5-7-14(8-6-13)21(23)24/h5-10H,4H2,1-3H3/t10-/m0/s1. The SMILES string of the molecule is CCc1cc(C(=O)O[C@@H](C)c2nnc(-c3ccc([N+](=O)[O-])cc3)o2)sc1C. The second-order valence-corrected chi connectivity index (χ2v) is 7.10. The van der Waals surface area contributed by atoms with Gasteiger partial charge in [0.15, 0.2) is 6.10 Å². The number of carbonyl (C=O) groups excluding carboxylic acids is 1.